The second kappa shape index (κ2) is 12.1. The van der Waals surface area contributed by atoms with Crippen molar-refractivity contribution in [3.05, 3.63) is 76.0 Å². The van der Waals surface area contributed by atoms with Crippen LogP contribution in [0.25, 0.3) is 0 Å². The summed E-state index contributed by atoms with van der Waals surface area (Å²) >= 11 is 6.22. The van der Waals surface area contributed by atoms with Crippen molar-refractivity contribution in [2.24, 2.45) is 5.92 Å². The minimum atomic E-state index is -0.794. The summed E-state index contributed by atoms with van der Waals surface area (Å²) in [6, 6.07) is 13.5. The summed E-state index contributed by atoms with van der Waals surface area (Å²) in [6.45, 7) is 8.75. The summed E-state index contributed by atoms with van der Waals surface area (Å²) in [5, 5.41) is 20.5. The SMILES string of the molecule is CC(=N)/C=C(\C)Oc1ccc(C(=O)N[C@H](C)C(=O)N2C(c3cccc(Cl)c3)CCC2C(C)C#N)cc1C. The van der Waals surface area contributed by atoms with Crippen LogP contribution >= 0.6 is 11.6 Å². The molecule has 0 aliphatic carbocycles. The predicted molar refractivity (Wildman–Crippen MR) is 145 cm³/mol. The van der Waals surface area contributed by atoms with Gasteiger partial charge in [-0.1, -0.05) is 23.7 Å². The molecule has 2 aromatic rings. The number of halogens is 1. The van der Waals surface area contributed by atoms with Crippen LogP contribution in [0.3, 0.4) is 0 Å². The Morgan fingerprint density at radius 2 is 1.95 bits per heavy atom. The molecular weight excluding hydrogens is 488 g/mol. The number of ether oxygens (including phenoxy) is 1. The Labute approximate surface area is 223 Å². The summed E-state index contributed by atoms with van der Waals surface area (Å²) in [4.78, 5) is 28.5. The Morgan fingerprint density at radius 3 is 2.57 bits per heavy atom. The van der Waals surface area contributed by atoms with Crippen LogP contribution in [0.1, 0.15) is 68.1 Å². The van der Waals surface area contributed by atoms with Gasteiger partial charge in [-0.25, -0.2) is 0 Å². The van der Waals surface area contributed by atoms with Crippen LogP contribution in [0.4, 0.5) is 0 Å². The first-order valence-electron chi connectivity index (χ1n) is 12.3. The molecule has 4 atom stereocenters. The fourth-order valence-electron chi connectivity index (χ4n) is 4.75. The van der Waals surface area contributed by atoms with E-state index in [-0.39, 0.29) is 29.8 Å². The lowest BCUT2D eigenvalue weighted by Crippen LogP contribution is -2.50. The fourth-order valence-corrected chi connectivity index (χ4v) is 4.95. The molecule has 0 spiro atoms. The molecule has 3 unspecified atom stereocenters. The van der Waals surface area contributed by atoms with E-state index in [9.17, 15) is 14.9 Å². The van der Waals surface area contributed by atoms with E-state index < -0.39 is 6.04 Å². The number of likely N-dealkylation sites (tertiary alicyclic amines) is 1. The average Bonchev–Trinajstić information content (AvgIpc) is 3.28. The number of allylic oxidation sites excluding steroid dienone is 2. The minimum Gasteiger partial charge on any atom is -0.462 e. The van der Waals surface area contributed by atoms with Crippen molar-refractivity contribution in [3.8, 4) is 11.8 Å². The first kappa shape index (κ1) is 27.9. The Hall–Kier alpha value is -3.63. The second-order valence-corrected chi connectivity index (χ2v) is 10.0. The standard InChI is InChI=1S/C29H33ClN4O3/c1-17-13-23(9-12-27(17)37-20(4)14-19(3)32)28(35)33-21(5)29(36)34-25(18(2)16-31)10-11-26(34)22-7-6-8-24(30)15-22/h6-9,12-15,18,21,25-26,32H,10-11H2,1-5H3,(H,33,35)/b20-14+,32-19?/t18?,21-,25?,26?/m1/s1. The zero-order valence-corrected chi connectivity index (χ0v) is 22.6. The molecule has 0 radical (unpaired) electrons. The van der Waals surface area contributed by atoms with Crippen LogP contribution in [0, 0.1) is 29.6 Å². The second-order valence-electron chi connectivity index (χ2n) is 9.59. The monoisotopic (exact) mass is 520 g/mol. The zero-order chi connectivity index (χ0) is 27.3. The average molecular weight is 521 g/mol. The van der Waals surface area contributed by atoms with Crippen LogP contribution in [0.2, 0.25) is 5.02 Å². The molecule has 0 bridgehead atoms. The smallest absolute Gasteiger partial charge is 0.251 e. The quantitative estimate of drug-likeness (QED) is 0.329. The molecule has 194 valence electrons. The largest absolute Gasteiger partial charge is 0.462 e. The molecule has 0 saturated carbocycles. The number of carbonyl (C=O) groups excluding carboxylic acids is 2. The number of carbonyl (C=O) groups is 2. The molecule has 0 aromatic heterocycles. The Morgan fingerprint density at radius 1 is 1.22 bits per heavy atom. The number of nitrogens with zero attached hydrogens (tertiary/aromatic N) is 2. The maximum Gasteiger partial charge on any atom is 0.251 e. The van der Waals surface area contributed by atoms with E-state index in [1.54, 1.807) is 56.0 Å². The first-order chi connectivity index (χ1) is 17.5. The summed E-state index contributed by atoms with van der Waals surface area (Å²) in [7, 11) is 0. The van der Waals surface area contributed by atoms with Crippen molar-refractivity contribution in [3.63, 3.8) is 0 Å². The van der Waals surface area contributed by atoms with Gasteiger partial charge in [-0.15, -0.1) is 0 Å². The normalized spacial score (nSPS) is 19.1. The number of nitrogens with one attached hydrogen (secondary N) is 2. The maximum atomic E-state index is 13.7. The molecule has 2 N–H and O–H groups in total. The van der Waals surface area contributed by atoms with Gasteiger partial charge in [0, 0.05) is 22.3 Å². The van der Waals surface area contributed by atoms with Gasteiger partial charge in [-0.3, -0.25) is 9.59 Å². The van der Waals surface area contributed by atoms with Crippen LogP contribution in [-0.2, 0) is 4.79 Å². The van der Waals surface area contributed by atoms with E-state index >= 15 is 0 Å². The summed E-state index contributed by atoms with van der Waals surface area (Å²) < 4.78 is 5.78. The number of rotatable bonds is 8. The van der Waals surface area contributed by atoms with E-state index in [4.69, 9.17) is 21.7 Å². The van der Waals surface area contributed by atoms with E-state index in [1.807, 2.05) is 32.0 Å². The number of nitriles is 1. The van der Waals surface area contributed by atoms with Gasteiger partial charge in [0.05, 0.1) is 18.0 Å². The van der Waals surface area contributed by atoms with Crippen LogP contribution in [-0.4, -0.2) is 34.5 Å². The van der Waals surface area contributed by atoms with Crippen molar-refractivity contribution in [1.29, 1.82) is 10.7 Å². The molecule has 7 nitrogen and oxygen atoms in total. The molecule has 1 heterocycles. The Balaban J connectivity index is 1.78. The number of amides is 2. The maximum absolute atomic E-state index is 13.7. The highest BCUT2D eigenvalue weighted by atomic mass is 35.5. The third kappa shape index (κ3) is 6.78. The number of aryl methyl sites for hydroxylation is 1. The van der Waals surface area contributed by atoms with Gasteiger partial charge in [-0.2, -0.15) is 5.26 Å². The van der Waals surface area contributed by atoms with Gasteiger partial charge < -0.3 is 20.4 Å². The van der Waals surface area contributed by atoms with Crippen LogP contribution < -0.4 is 10.1 Å². The summed E-state index contributed by atoms with van der Waals surface area (Å²) in [5.74, 6) is 0.211. The van der Waals surface area contributed by atoms with Gasteiger partial charge in [0.15, 0.2) is 0 Å². The summed E-state index contributed by atoms with van der Waals surface area (Å²) in [6.07, 6.45) is 3.03. The highest BCUT2D eigenvalue weighted by molar-refractivity contribution is 6.30. The molecule has 1 aliphatic rings. The number of hydrogen-bond donors (Lipinski definition) is 2. The van der Waals surface area contributed by atoms with Crippen molar-refractivity contribution in [1.82, 2.24) is 10.2 Å². The number of hydrogen-bond acceptors (Lipinski definition) is 5. The highest BCUT2D eigenvalue weighted by Gasteiger charge is 2.42. The van der Waals surface area contributed by atoms with Crippen LogP contribution in [0.5, 0.6) is 5.75 Å². The number of benzene rings is 2. The molecule has 37 heavy (non-hydrogen) atoms. The first-order valence-corrected chi connectivity index (χ1v) is 12.7. The lowest BCUT2D eigenvalue weighted by atomic mass is 10.0. The topological polar surface area (TPSA) is 106 Å². The van der Waals surface area contributed by atoms with Crippen molar-refractivity contribution in [2.45, 2.75) is 65.6 Å². The molecule has 1 aliphatic heterocycles. The lowest BCUT2D eigenvalue weighted by Gasteiger charge is -2.34. The molecule has 1 saturated heterocycles. The third-order valence-corrected chi connectivity index (χ3v) is 6.78. The molecular formula is C29H33ClN4O3. The van der Waals surface area contributed by atoms with Crippen LogP contribution in [0.15, 0.2) is 54.3 Å². The van der Waals surface area contributed by atoms with E-state index in [2.05, 4.69) is 11.4 Å². The van der Waals surface area contributed by atoms with Crippen molar-refractivity contribution >= 4 is 29.1 Å². The lowest BCUT2D eigenvalue weighted by molar-refractivity contribution is -0.136. The predicted octanol–water partition coefficient (Wildman–Crippen LogP) is 5.98. The minimum absolute atomic E-state index is 0.217. The van der Waals surface area contributed by atoms with Gasteiger partial charge in [0.25, 0.3) is 5.91 Å². The molecule has 2 amide bonds. The van der Waals surface area contributed by atoms with Gasteiger partial charge in [-0.05, 0) is 95.0 Å². The van der Waals surface area contributed by atoms with Gasteiger partial charge >= 0.3 is 0 Å². The van der Waals surface area contributed by atoms with E-state index in [0.717, 1.165) is 17.5 Å². The zero-order valence-electron chi connectivity index (χ0n) is 21.8. The van der Waals surface area contributed by atoms with E-state index in [1.165, 1.54) is 0 Å². The third-order valence-electron chi connectivity index (χ3n) is 6.54. The van der Waals surface area contributed by atoms with Gasteiger partial charge in [0.2, 0.25) is 5.91 Å². The molecule has 1 fully saturated rings. The molecule has 8 heteroatoms. The molecule has 2 aromatic carbocycles. The highest BCUT2D eigenvalue weighted by Crippen LogP contribution is 2.40. The summed E-state index contributed by atoms with van der Waals surface area (Å²) in [5.41, 5.74) is 2.46. The fraction of sp³-hybridized carbons (Fsp3) is 0.379. The van der Waals surface area contributed by atoms with E-state index in [0.29, 0.717) is 34.2 Å². The Kier molecular flexibility index (Phi) is 9.12. The van der Waals surface area contributed by atoms with Crippen molar-refractivity contribution in [2.75, 3.05) is 0 Å². The van der Waals surface area contributed by atoms with Gasteiger partial charge in [0.1, 0.15) is 17.6 Å². The molecule has 3 rings (SSSR count). The Bertz CT molecular complexity index is 1270. The van der Waals surface area contributed by atoms with Crippen molar-refractivity contribution < 1.29 is 14.3 Å².